The van der Waals surface area contributed by atoms with Gasteiger partial charge in [0.05, 0.1) is 6.54 Å². The molecule has 0 saturated carbocycles. The Labute approximate surface area is 120 Å². The highest BCUT2D eigenvalue weighted by Gasteiger charge is 2.11. The first-order chi connectivity index (χ1) is 10.1. The number of benzene rings is 1. The fourth-order valence-corrected chi connectivity index (χ4v) is 2.01. The van der Waals surface area contributed by atoms with E-state index in [0.29, 0.717) is 17.5 Å². The SMILES string of the molecule is Cc1nc(CNC(=O)c2cc3ccccc3c(N)n2)no1. The van der Waals surface area contributed by atoms with Crippen LogP contribution < -0.4 is 11.1 Å². The minimum absolute atomic E-state index is 0.171. The fraction of sp³-hybridized carbons (Fsp3) is 0.143. The van der Waals surface area contributed by atoms with E-state index >= 15 is 0 Å². The first-order valence-electron chi connectivity index (χ1n) is 6.36. The van der Waals surface area contributed by atoms with Gasteiger partial charge in [0, 0.05) is 12.3 Å². The lowest BCUT2D eigenvalue weighted by molar-refractivity contribution is 0.0945. The summed E-state index contributed by atoms with van der Waals surface area (Å²) in [5.41, 5.74) is 6.13. The molecule has 1 amide bonds. The number of hydrogen-bond donors (Lipinski definition) is 2. The maximum atomic E-state index is 12.1. The standard InChI is InChI=1S/C14H13N5O2/c1-8-17-12(19-21-8)7-16-14(20)11-6-9-4-2-3-5-10(9)13(15)18-11/h2-6H,7H2,1H3,(H2,15,18)(H,16,20). The van der Waals surface area contributed by atoms with E-state index in [-0.39, 0.29) is 18.1 Å². The maximum absolute atomic E-state index is 12.1. The fourth-order valence-electron chi connectivity index (χ4n) is 2.01. The number of aromatic nitrogens is 3. The van der Waals surface area contributed by atoms with Crippen molar-refractivity contribution >= 4 is 22.5 Å². The van der Waals surface area contributed by atoms with Gasteiger partial charge in [0.15, 0.2) is 5.82 Å². The number of carbonyl (C=O) groups excluding carboxylic acids is 1. The predicted molar refractivity (Wildman–Crippen MR) is 76.4 cm³/mol. The third-order valence-electron chi connectivity index (χ3n) is 2.98. The molecule has 3 aromatic rings. The summed E-state index contributed by atoms with van der Waals surface area (Å²) in [7, 11) is 0. The van der Waals surface area contributed by atoms with Crippen LogP contribution in [0.3, 0.4) is 0 Å². The van der Waals surface area contributed by atoms with E-state index in [9.17, 15) is 4.79 Å². The van der Waals surface area contributed by atoms with Gasteiger partial charge in [0.2, 0.25) is 5.89 Å². The molecule has 0 radical (unpaired) electrons. The van der Waals surface area contributed by atoms with Gasteiger partial charge in [-0.3, -0.25) is 4.79 Å². The van der Waals surface area contributed by atoms with Crippen LogP contribution in [0.25, 0.3) is 10.8 Å². The van der Waals surface area contributed by atoms with Crippen LogP contribution in [0.5, 0.6) is 0 Å². The second-order valence-electron chi connectivity index (χ2n) is 4.53. The third kappa shape index (κ3) is 2.66. The highest BCUT2D eigenvalue weighted by atomic mass is 16.5. The molecule has 3 N–H and O–H groups in total. The Bertz CT molecular complexity index is 812. The molecular weight excluding hydrogens is 270 g/mol. The van der Waals surface area contributed by atoms with Gasteiger partial charge in [0.25, 0.3) is 5.91 Å². The number of anilines is 1. The van der Waals surface area contributed by atoms with Crippen LogP contribution in [0, 0.1) is 6.92 Å². The molecule has 21 heavy (non-hydrogen) atoms. The highest BCUT2D eigenvalue weighted by molar-refractivity contribution is 5.99. The van der Waals surface area contributed by atoms with Crippen molar-refractivity contribution in [2.24, 2.45) is 0 Å². The Morgan fingerprint density at radius 1 is 1.33 bits per heavy atom. The quantitative estimate of drug-likeness (QED) is 0.753. The zero-order valence-corrected chi connectivity index (χ0v) is 11.3. The molecule has 106 valence electrons. The summed E-state index contributed by atoms with van der Waals surface area (Å²) in [6.45, 7) is 1.86. The first kappa shape index (κ1) is 13.0. The molecule has 3 rings (SSSR count). The number of carbonyl (C=O) groups is 1. The second kappa shape index (κ2) is 5.20. The van der Waals surface area contributed by atoms with Crippen molar-refractivity contribution in [2.45, 2.75) is 13.5 Å². The Balaban J connectivity index is 1.81. The van der Waals surface area contributed by atoms with Crippen molar-refractivity contribution in [1.29, 1.82) is 0 Å². The lowest BCUT2D eigenvalue weighted by Crippen LogP contribution is -2.24. The van der Waals surface area contributed by atoms with Crippen LogP contribution >= 0.6 is 0 Å². The number of hydrogen-bond acceptors (Lipinski definition) is 6. The van der Waals surface area contributed by atoms with Crippen LogP contribution in [-0.2, 0) is 6.54 Å². The largest absolute Gasteiger partial charge is 0.383 e. The summed E-state index contributed by atoms with van der Waals surface area (Å²) in [5.74, 6) is 0.852. The van der Waals surface area contributed by atoms with E-state index in [1.165, 1.54) is 0 Å². The number of nitrogens with zero attached hydrogens (tertiary/aromatic N) is 3. The van der Waals surface area contributed by atoms with E-state index in [4.69, 9.17) is 10.3 Å². The maximum Gasteiger partial charge on any atom is 0.270 e. The highest BCUT2D eigenvalue weighted by Crippen LogP contribution is 2.19. The number of amides is 1. The molecule has 0 fully saturated rings. The molecule has 7 heteroatoms. The molecule has 0 aliphatic heterocycles. The van der Waals surface area contributed by atoms with Gasteiger partial charge in [0.1, 0.15) is 11.5 Å². The van der Waals surface area contributed by atoms with Crippen molar-refractivity contribution in [1.82, 2.24) is 20.4 Å². The molecule has 0 unspecified atom stereocenters. The minimum atomic E-state index is -0.338. The van der Waals surface area contributed by atoms with Gasteiger partial charge in [-0.05, 0) is 11.5 Å². The number of rotatable bonds is 3. The summed E-state index contributed by atoms with van der Waals surface area (Å²) in [5, 5.41) is 8.07. The summed E-state index contributed by atoms with van der Waals surface area (Å²) in [6.07, 6.45) is 0. The van der Waals surface area contributed by atoms with Gasteiger partial charge in [-0.1, -0.05) is 29.4 Å². The Morgan fingerprint density at radius 2 is 2.14 bits per heavy atom. The van der Waals surface area contributed by atoms with Crippen LogP contribution in [0.2, 0.25) is 0 Å². The number of fused-ring (bicyclic) bond motifs is 1. The van der Waals surface area contributed by atoms with Crippen LogP contribution in [0.1, 0.15) is 22.2 Å². The Kier molecular flexibility index (Phi) is 3.23. The number of nitrogens with one attached hydrogen (secondary N) is 1. The molecule has 0 atom stereocenters. The Morgan fingerprint density at radius 3 is 2.90 bits per heavy atom. The van der Waals surface area contributed by atoms with Gasteiger partial charge in [-0.25, -0.2) is 4.98 Å². The van der Waals surface area contributed by atoms with E-state index < -0.39 is 0 Å². The van der Waals surface area contributed by atoms with Gasteiger partial charge >= 0.3 is 0 Å². The average molecular weight is 283 g/mol. The molecular formula is C14H13N5O2. The molecule has 0 bridgehead atoms. The molecule has 0 spiro atoms. The molecule has 7 nitrogen and oxygen atoms in total. The van der Waals surface area contributed by atoms with E-state index in [0.717, 1.165) is 10.8 Å². The molecule has 2 heterocycles. The number of nitrogen functional groups attached to an aromatic ring is 1. The normalized spacial score (nSPS) is 10.7. The van der Waals surface area contributed by atoms with E-state index in [2.05, 4.69) is 20.4 Å². The first-order valence-corrected chi connectivity index (χ1v) is 6.36. The average Bonchev–Trinajstić information content (AvgIpc) is 2.90. The van der Waals surface area contributed by atoms with Crippen LogP contribution in [0.15, 0.2) is 34.9 Å². The monoisotopic (exact) mass is 283 g/mol. The molecule has 0 aliphatic carbocycles. The summed E-state index contributed by atoms with van der Waals surface area (Å²) in [4.78, 5) is 20.2. The van der Waals surface area contributed by atoms with E-state index in [1.54, 1.807) is 13.0 Å². The lowest BCUT2D eigenvalue weighted by atomic mass is 10.1. The van der Waals surface area contributed by atoms with Crippen molar-refractivity contribution in [3.63, 3.8) is 0 Å². The van der Waals surface area contributed by atoms with E-state index in [1.807, 2.05) is 24.3 Å². The van der Waals surface area contributed by atoms with Crippen LogP contribution in [-0.4, -0.2) is 21.0 Å². The third-order valence-corrected chi connectivity index (χ3v) is 2.98. The van der Waals surface area contributed by atoms with Crippen molar-refractivity contribution in [3.8, 4) is 0 Å². The lowest BCUT2D eigenvalue weighted by Gasteiger charge is -2.06. The molecule has 1 aromatic carbocycles. The molecule has 0 saturated heterocycles. The summed E-state index contributed by atoms with van der Waals surface area (Å²) < 4.78 is 4.83. The van der Waals surface area contributed by atoms with Crippen molar-refractivity contribution < 1.29 is 9.32 Å². The van der Waals surface area contributed by atoms with Gasteiger partial charge in [-0.2, -0.15) is 4.98 Å². The second-order valence-corrected chi connectivity index (χ2v) is 4.53. The topological polar surface area (TPSA) is 107 Å². The smallest absolute Gasteiger partial charge is 0.270 e. The number of aryl methyl sites for hydroxylation is 1. The predicted octanol–water partition coefficient (Wildman–Crippen LogP) is 1.44. The Hall–Kier alpha value is -2.96. The minimum Gasteiger partial charge on any atom is -0.383 e. The zero-order valence-electron chi connectivity index (χ0n) is 11.3. The van der Waals surface area contributed by atoms with Crippen LogP contribution in [0.4, 0.5) is 5.82 Å². The molecule has 2 aromatic heterocycles. The summed E-state index contributed by atoms with van der Waals surface area (Å²) in [6, 6.07) is 9.20. The van der Waals surface area contributed by atoms with Gasteiger partial charge in [-0.15, -0.1) is 0 Å². The number of pyridine rings is 1. The number of nitrogens with two attached hydrogens (primary N) is 1. The van der Waals surface area contributed by atoms with Crippen molar-refractivity contribution in [3.05, 3.63) is 47.7 Å². The zero-order chi connectivity index (χ0) is 14.8. The molecule has 0 aliphatic rings. The van der Waals surface area contributed by atoms with Gasteiger partial charge < -0.3 is 15.6 Å². The summed E-state index contributed by atoms with van der Waals surface area (Å²) >= 11 is 0. The van der Waals surface area contributed by atoms with Crippen molar-refractivity contribution in [2.75, 3.05) is 5.73 Å².